The van der Waals surface area contributed by atoms with E-state index in [9.17, 15) is 29.1 Å². The molecule has 4 amide bonds. The van der Waals surface area contributed by atoms with Crippen molar-refractivity contribution >= 4 is 35.4 Å². The second-order valence-electron chi connectivity index (χ2n) is 11.2. The van der Waals surface area contributed by atoms with Crippen LogP contribution in [-0.4, -0.2) is 75.2 Å². The Bertz CT molecular complexity index is 1540. The molecule has 1 saturated carbocycles. The molecule has 2 N–H and O–H groups in total. The Kier molecular flexibility index (Phi) is 6.15. The molecule has 0 radical (unpaired) electrons. The van der Waals surface area contributed by atoms with E-state index in [1.807, 2.05) is 6.07 Å². The van der Waals surface area contributed by atoms with Crippen LogP contribution in [-0.2, 0) is 16.0 Å². The van der Waals surface area contributed by atoms with Crippen LogP contribution in [0.5, 0.6) is 5.88 Å². The van der Waals surface area contributed by atoms with Gasteiger partial charge in [-0.25, -0.2) is 9.59 Å². The number of rotatable bonds is 3. The third kappa shape index (κ3) is 3.72. The Morgan fingerprint density at radius 3 is 2.38 bits per heavy atom. The van der Waals surface area contributed by atoms with E-state index in [1.54, 1.807) is 12.1 Å². The first-order chi connectivity index (χ1) is 19.1. The van der Waals surface area contributed by atoms with E-state index < -0.39 is 40.4 Å². The maximum atomic E-state index is 13.6. The number of barbiturate groups is 1. The van der Waals surface area contributed by atoms with Gasteiger partial charge in [0.25, 0.3) is 5.56 Å². The van der Waals surface area contributed by atoms with Gasteiger partial charge in [-0.2, -0.15) is 0 Å². The number of aromatic amines is 1. The van der Waals surface area contributed by atoms with Gasteiger partial charge in [-0.15, -0.1) is 0 Å². The second-order valence-corrected chi connectivity index (χ2v) is 11.2. The molecular formula is C28H32N6O6. The van der Waals surface area contributed by atoms with Crippen molar-refractivity contribution < 1.29 is 19.5 Å². The Morgan fingerprint density at radius 2 is 1.68 bits per heavy atom. The Balaban J connectivity index is 1.38. The predicted octanol–water partition coefficient (Wildman–Crippen LogP) is 2.06. The number of carbonyl (C=O) groups is 3. The molecule has 4 heterocycles. The number of hydrogen-bond donors (Lipinski definition) is 2. The monoisotopic (exact) mass is 548 g/mol. The summed E-state index contributed by atoms with van der Waals surface area (Å²) in [5.74, 6) is -1.41. The molecular weight excluding hydrogens is 516 g/mol. The first-order valence-electron chi connectivity index (χ1n) is 13.8. The molecule has 4 aliphatic rings. The third-order valence-electron chi connectivity index (χ3n) is 9.05. The SMILES string of the molecule is CN1C(=O)N(C)C(=O)C2(Cc3cc(N=Cc4c(O)n(C5CCCCC5)c(=O)[nH]c4=O)ccc3N3CCCC32)C1=O. The Morgan fingerprint density at radius 1 is 0.975 bits per heavy atom. The van der Waals surface area contributed by atoms with E-state index in [0.29, 0.717) is 18.7 Å². The average molecular weight is 549 g/mol. The van der Waals surface area contributed by atoms with E-state index in [1.165, 1.54) is 24.9 Å². The lowest BCUT2D eigenvalue weighted by molar-refractivity contribution is -0.159. The number of fused-ring (bicyclic) bond motifs is 4. The van der Waals surface area contributed by atoms with Crippen molar-refractivity contribution in [3.8, 4) is 5.88 Å². The van der Waals surface area contributed by atoms with Gasteiger partial charge in [0.05, 0.1) is 11.7 Å². The highest BCUT2D eigenvalue weighted by Gasteiger charge is 2.63. The van der Waals surface area contributed by atoms with Crippen LogP contribution in [0.15, 0.2) is 32.8 Å². The molecule has 2 aromatic rings. The van der Waals surface area contributed by atoms with Gasteiger partial charge in [-0.1, -0.05) is 19.3 Å². The number of H-pyrrole nitrogens is 1. The number of benzene rings is 1. The van der Waals surface area contributed by atoms with Gasteiger partial charge in [-0.3, -0.25) is 38.7 Å². The zero-order valence-corrected chi connectivity index (χ0v) is 22.6. The molecule has 1 atom stereocenters. The smallest absolute Gasteiger partial charge is 0.332 e. The van der Waals surface area contributed by atoms with E-state index in [0.717, 1.165) is 59.6 Å². The summed E-state index contributed by atoms with van der Waals surface area (Å²) >= 11 is 0. The van der Waals surface area contributed by atoms with E-state index in [4.69, 9.17) is 0 Å². The topological polar surface area (TPSA) is 148 Å². The first kappa shape index (κ1) is 26.0. The van der Waals surface area contributed by atoms with E-state index >= 15 is 0 Å². The lowest BCUT2D eigenvalue weighted by Gasteiger charge is -2.50. The molecule has 210 valence electrons. The van der Waals surface area contributed by atoms with Gasteiger partial charge in [0.15, 0.2) is 5.41 Å². The molecule has 1 aromatic carbocycles. The maximum Gasteiger partial charge on any atom is 0.332 e. The van der Waals surface area contributed by atoms with Crippen molar-refractivity contribution in [3.63, 3.8) is 0 Å². The Labute approximate surface area is 229 Å². The minimum absolute atomic E-state index is 0.113. The van der Waals surface area contributed by atoms with Gasteiger partial charge in [0, 0.05) is 38.6 Å². The molecule has 12 heteroatoms. The largest absolute Gasteiger partial charge is 0.494 e. The van der Waals surface area contributed by atoms with Gasteiger partial charge in [-0.05, 0) is 55.9 Å². The number of anilines is 1. The van der Waals surface area contributed by atoms with Crippen LogP contribution in [0, 0.1) is 5.41 Å². The highest BCUT2D eigenvalue weighted by atomic mass is 16.3. The normalized spacial score (nSPS) is 22.9. The van der Waals surface area contributed by atoms with Gasteiger partial charge >= 0.3 is 11.7 Å². The van der Waals surface area contributed by atoms with Crippen molar-refractivity contribution in [2.45, 2.75) is 63.5 Å². The zero-order valence-electron chi connectivity index (χ0n) is 22.6. The number of carbonyl (C=O) groups excluding carboxylic acids is 3. The number of amides is 4. The predicted molar refractivity (Wildman–Crippen MR) is 146 cm³/mol. The van der Waals surface area contributed by atoms with Crippen LogP contribution in [0.3, 0.4) is 0 Å². The van der Waals surface area contributed by atoms with Crippen LogP contribution in [0.2, 0.25) is 0 Å². The summed E-state index contributed by atoms with van der Waals surface area (Å²) in [6.45, 7) is 0.677. The molecule has 0 bridgehead atoms. The quantitative estimate of drug-likeness (QED) is 0.441. The van der Waals surface area contributed by atoms with Crippen LogP contribution in [0.25, 0.3) is 0 Å². The first-order valence-corrected chi connectivity index (χ1v) is 13.8. The standard InChI is InChI=1S/C28H32N6O6/c1-31-24(37)28(25(38)32(2)27(31)40)14-16-13-17(10-11-20(16)33-12-6-9-21(28)33)29-15-19-22(35)30-26(39)34(23(19)36)18-7-4-3-5-8-18/h10-11,13,15,18,21,36H,3-9,12,14H2,1-2H3,(H,30,35,39). The number of aliphatic imine (C=N–C) groups is 1. The minimum atomic E-state index is -1.42. The van der Waals surface area contributed by atoms with Crippen LogP contribution in [0.4, 0.5) is 16.2 Å². The van der Waals surface area contributed by atoms with Gasteiger partial charge < -0.3 is 10.0 Å². The summed E-state index contributed by atoms with van der Waals surface area (Å²) in [5.41, 5.74) is -0.816. The summed E-state index contributed by atoms with van der Waals surface area (Å²) in [6, 6.07) is 4.24. The molecule has 3 fully saturated rings. The third-order valence-corrected chi connectivity index (χ3v) is 9.05. The summed E-state index contributed by atoms with van der Waals surface area (Å²) in [6.07, 6.45) is 7.27. The second kappa shape index (κ2) is 9.46. The molecule has 3 aliphatic heterocycles. The fourth-order valence-electron chi connectivity index (χ4n) is 7.07. The number of nitrogens with one attached hydrogen (secondary N) is 1. The summed E-state index contributed by atoms with van der Waals surface area (Å²) in [7, 11) is 2.81. The number of nitrogens with zero attached hydrogens (tertiary/aromatic N) is 5. The molecule has 1 aromatic heterocycles. The molecule has 1 spiro atoms. The fourth-order valence-corrected chi connectivity index (χ4v) is 7.07. The molecule has 40 heavy (non-hydrogen) atoms. The Hall–Kier alpha value is -4.22. The van der Waals surface area contributed by atoms with Crippen molar-refractivity contribution in [3.05, 3.63) is 50.2 Å². The van der Waals surface area contributed by atoms with Crippen LogP contribution in [0.1, 0.15) is 62.1 Å². The van der Waals surface area contributed by atoms with Crippen molar-refractivity contribution in [2.24, 2.45) is 10.4 Å². The van der Waals surface area contributed by atoms with E-state index in [2.05, 4.69) is 14.9 Å². The minimum Gasteiger partial charge on any atom is -0.494 e. The molecule has 6 rings (SSSR count). The lowest BCUT2D eigenvalue weighted by Crippen LogP contribution is -2.70. The lowest BCUT2D eigenvalue weighted by atomic mass is 9.68. The average Bonchev–Trinajstić information content (AvgIpc) is 3.45. The summed E-state index contributed by atoms with van der Waals surface area (Å²) in [5, 5.41) is 10.9. The van der Waals surface area contributed by atoms with Crippen molar-refractivity contribution in [1.29, 1.82) is 0 Å². The van der Waals surface area contributed by atoms with Crippen molar-refractivity contribution in [1.82, 2.24) is 19.4 Å². The number of aromatic nitrogens is 2. The number of urea groups is 1. The summed E-state index contributed by atoms with van der Waals surface area (Å²) < 4.78 is 1.25. The highest BCUT2D eigenvalue weighted by molar-refractivity contribution is 6.20. The fraction of sp³-hybridized carbons (Fsp3) is 0.500. The zero-order chi connectivity index (χ0) is 28.3. The van der Waals surface area contributed by atoms with Gasteiger partial charge in [0.2, 0.25) is 17.7 Å². The van der Waals surface area contributed by atoms with Crippen LogP contribution >= 0.6 is 0 Å². The maximum absolute atomic E-state index is 13.6. The highest BCUT2D eigenvalue weighted by Crippen LogP contribution is 2.49. The van der Waals surface area contributed by atoms with E-state index in [-0.39, 0.29) is 24.1 Å². The number of imide groups is 2. The van der Waals surface area contributed by atoms with Crippen LogP contribution < -0.4 is 16.1 Å². The molecule has 2 saturated heterocycles. The number of aromatic hydroxyl groups is 1. The summed E-state index contributed by atoms with van der Waals surface area (Å²) in [4.78, 5) is 75.7. The molecule has 1 aliphatic carbocycles. The van der Waals surface area contributed by atoms with Crippen molar-refractivity contribution in [2.75, 3.05) is 25.5 Å². The van der Waals surface area contributed by atoms with Gasteiger partial charge in [0.1, 0.15) is 5.56 Å². The molecule has 1 unspecified atom stereocenters. The molecule has 12 nitrogen and oxygen atoms in total. The number of hydrogen-bond acceptors (Lipinski definition) is 8.